The highest BCUT2D eigenvalue weighted by molar-refractivity contribution is 6.31. The van der Waals surface area contributed by atoms with Crippen LogP contribution in [0.15, 0.2) is 12.1 Å². The minimum Gasteiger partial charge on any atom is -0.477 e. The minimum atomic E-state index is 0.418. The Hall–Kier alpha value is -0.800. The van der Waals surface area contributed by atoms with Gasteiger partial charge in [-0.25, -0.2) is 4.98 Å². The number of ether oxygens (including phenoxy) is 1. The Morgan fingerprint density at radius 3 is 2.79 bits per heavy atom. The predicted molar refractivity (Wildman–Crippen MR) is 78.7 cm³/mol. The molecule has 0 bridgehead atoms. The Balaban J connectivity index is 1.91. The largest absolute Gasteiger partial charge is 0.477 e. The highest BCUT2D eigenvalue weighted by atomic mass is 35.5. The van der Waals surface area contributed by atoms with Gasteiger partial charge in [0.25, 0.3) is 0 Å². The third kappa shape index (κ3) is 4.66. The van der Waals surface area contributed by atoms with Crippen molar-refractivity contribution in [2.45, 2.75) is 52.1 Å². The SMILES string of the molecule is CC(C)NCc1nc(OCC2CCCC2)ccc1Cl. The van der Waals surface area contributed by atoms with E-state index in [-0.39, 0.29) is 0 Å². The molecule has 1 aromatic rings. The van der Waals surface area contributed by atoms with Crippen LogP contribution in [0.4, 0.5) is 0 Å². The summed E-state index contributed by atoms with van der Waals surface area (Å²) in [5.41, 5.74) is 0.860. The molecule has 1 aliphatic carbocycles. The Morgan fingerprint density at radius 2 is 2.11 bits per heavy atom. The molecule has 19 heavy (non-hydrogen) atoms. The molecule has 0 spiro atoms. The van der Waals surface area contributed by atoms with E-state index in [9.17, 15) is 0 Å². The second-order valence-corrected chi connectivity index (χ2v) is 5.98. The average Bonchev–Trinajstić information content (AvgIpc) is 2.89. The summed E-state index contributed by atoms with van der Waals surface area (Å²) in [5, 5.41) is 4.02. The van der Waals surface area contributed by atoms with Crippen LogP contribution in [-0.2, 0) is 6.54 Å². The highest BCUT2D eigenvalue weighted by Gasteiger charge is 2.16. The topological polar surface area (TPSA) is 34.2 Å². The van der Waals surface area contributed by atoms with E-state index < -0.39 is 0 Å². The van der Waals surface area contributed by atoms with Gasteiger partial charge in [-0.3, -0.25) is 0 Å². The molecule has 106 valence electrons. The summed E-state index contributed by atoms with van der Waals surface area (Å²) < 4.78 is 5.79. The second kappa shape index (κ2) is 7.11. The molecule has 0 atom stereocenters. The Kier molecular flexibility index (Phi) is 5.46. The lowest BCUT2D eigenvalue weighted by Crippen LogP contribution is -2.22. The fourth-order valence-electron chi connectivity index (χ4n) is 2.35. The van der Waals surface area contributed by atoms with Gasteiger partial charge in [0.15, 0.2) is 0 Å². The van der Waals surface area contributed by atoms with Crippen molar-refractivity contribution in [3.8, 4) is 5.88 Å². The maximum absolute atomic E-state index is 6.15. The Bertz CT molecular complexity index is 403. The van der Waals surface area contributed by atoms with E-state index in [1.807, 2.05) is 12.1 Å². The summed E-state index contributed by atoms with van der Waals surface area (Å²) >= 11 is 6.15. The van der Waals surface area contributed by atoms with Crippen LogP contribution in [0.1, 0.15) is 45.2 Å². The highest BCUT2D eigenvalue weighted by Crippen LogP contribution is 2.26. The molecular weight excluding hydrogens is 260 g/mol. The van der Waals surface area contributed by atoms with Crippen LogP contribution in [0.3, 0.4) is 0 Å². The molecule has 4 heteroatoms. The van der Waals surface area contributed by atoms with E-state index >= 15 is 0 Å². The van der Waals surface area contributed by atoms with E-state index in [4.69, 9.17) is 16.3 Å². The van der Waals surface area contributed by atoms with Crippen LogP contribution in [-0.4, -0.2) is 17.6 Å². The number of aromatic nitrogens is 1. The van der Waals surface area contributed by atoms with Gasteiger partial charge in [-0.2, -0.15) is 0 Å². The first kappa shape index (κ1) is 14.6. The van der Waals surface area contributed by atoms with Gasteiger partial charge < -0.3 is 10.1 Å². The third-order valence-electron chi connectivity index (χ3n) is 3.51. The number of nitrogens with one attached hydrogen (secondary N) is 1. The molecule has 0 unspecified atom stereocenters. The van der Waals surface area contributed by atoms with E-state index in [0.717, 1.165) is 12.3 Å². The maximum atomic E-state index is 6.15. The summed E-state index contributed by atoms with van der Waals surface area (Å²) in [6, 6.07) is 4.15. The lowest BCUT2D eigenvalue weighted by molar-refractivity contribution is 0.243. The number of nitrogens with zero attached hydrogens (tertiary/aromatic N) is 1. The van der Waals surface area contributed by atoms with Crippen molar-refractivity contribution >= 4 is 11.6 Å². The van der Waals surface area contributed by atoms with Gasteiger partial charge in [-0.15, -0.1) is 0 Å². The van der Waals surface area contributed by atoms with Gasteiger partial charge in [-0.05, 0) is 24.8 Å². The van der Waals surface area contributed by atoms with Gasteiger partial charge in [0.2, 0.25) is 5.88 Å². The fourth-order valence-corrected chi connectivity index (χ4v) is 2.52. The molecule has 2 rings (SSSR count). The first-order chi connectivity index (χ1) is 9.15. The lowest BCUT2D eigenvalue weighted by atomic mass is 10.1. The third-order valence-corrected chi connectivity index (χ3v) is 3.86. The number of hydrogen-bond donors (Lipinski definition) is 1. The van der Waals surface area contributed by atoms with Gasteiger partial charge in [0, 0.05) is 18.7 Å². The van der Waals surface area contributed by atoms with Crippen LogP contribution < -0.4 is 10.1 Å². The molecule has 1 heterocycles. The average molecular weight is 283 g/mol. The molecule has 0 aliphatic heterocycles. The minimum absolute atomic E-state index is 0.418. The van der Waals surface area contributed by atoms with E-state index in [1.165, 1.54) is 25.7 Å². The van der Waals surface area contributed by atoms with Crippen molar-refractivity contribution in [1.82, 2.24) is 10.3 Å². The Morgan fingerprint density at radius 1 is 1.37 bits per heavy atom. The zero-order chi connectivity index (χ0) is 13.7. The molecule has 1 saturated carbocycles. The number of rotatable bonds is 6. The molecule has 1 N–H and O–H groups in total. The summed E-state index contributed by atoms with van der Waals surface area (Å²) in [7, 11) is 0. The Labute approximate surface area is 120 Å². The first-order valence-corrected chi connectivity index (χ1v) is 7.54. The second-order valence-electron chi connectivity index (χ2n) is 5.58. The summed E-state index contributed by atoms with van der Waals surface area (Å²) in [5.74, 6) is 1.39. The van der Waals surface area contributed by atoms with Crippen molar-refractivity contribution in [3.63, 3.8) is 0 Å². The van der Waals surface area contributed by atoms with Gasteiger partial charge in [0.1, 0.15) is 0 Å². The molecular formula is C15H23ClN2O. The molecule has 0 aromatic carbocycles. The van der Waals surface area contributed by atoms with E-state index in [0.29, 0.717) is 29.4 Å². The van der Waals surface area contributed by atoms with Crippen LogP contribution in [0, 0.1) is 5.92 Å². The summed E-state index contributed by atoms with van der Waals surface area (Å²) in [6.07, 6.45) is 5.25. The predicted octanol–water partition coefficient (Wildman–Crippen LogP) is 3.80. The van der Waals surface area contributed by atoms with Gasteiger partial charge in [-0.1, -0.05) is 38.3 Å². The van der Waals surface area contributed by atoms with Crippen molar-refractivity contribution in [2.24, 2.45) is 5.92 Å². The van der Waals surface area contributed by atoms with Crippen molar-refractivity contribution in [1.29, 1.82) is 0 Å². The number of pyridine rings is 1. The molecule has 1 aromatic heterocycles. The van der Waals surface area contributed by atoms with Crippen LogP contribution in [0.5, 0.6) is 5.88 Å². The fraction of sp³-hybridized carbons (Fsp3) is 0.667. The van der Waals surface area contributed by atoms with Crippen molar-refractivity contribution in [2.75, 3.05) is 6.61 Å². The van der Waals surface area contributed by atoms with Crippen molar-refractivity contribution in [3.05, 3.63) is 22.8 Å². The maximum Gasteiger partial charge on any atom is 0.213 e. The number of hydrogen-bond acceptors (Lipinski definition) is 3. The standard InChI is InChI=1S/C15H23ClN2O/c1-11(2)17-9-14-13(16)7-8-15(18-14)19-10-12-5-3-4-6-12/h7-8,11-12,17H,3-6,9-10H2,1-2H3. The van der Waals surface area contributed by atoms with Crippen molar-refractivity contribution < 1.29 is 4.74 Å². The summed E-state index contributed by atoms with van der Waals surface area (Å²) in [6.45, 7) is 5.67. The zero-order valence-corrected chi connectivity index (χ0v) is 12.5. The zero-order valence-electron chi connectivity index (χ0n) is 11.8. The molecule has 1 aliphatic rings. The molecule has 0 radical (unpaired) electrons. The number of halogens is 1. The van der Waals surface area contributed by atoms with Gasteiger partial charge >= 0.3 is 0 Å². The van der Waals surface area contributed by atoms with Crippen LogP contribution in [0.25, 0.3) is 0 Å². The molecule has 0 saturated heterocycles. The van der Waals surface area contributed by atoms with Crippen LogP contribution in [0.2, 0.25) is 5.02 Å². The molecule has 1 fully saturated rings. The molecule has 3 nitrogen and oxygen atoms in total. The van der Waals surface area contributed by atoms with E-state index in [2.05, 4.69) is 24.1 Å². The van der Waals surface area contributed by atoms with E-state index in [1.54, 1.807) is 0 Å². The lowest BCUT2D eigenvalue weighted by Gasteiger charge is -2.13. The van der Waals surface area contributed by atoms with Gasteiger partial charge in [0.05, 0.1) is 17.3 Å². The van der Waals surface area contributed by atoms with Crippen LogP contribution >= 0.6 is 11.6 Å². The smallest absolute Gasteiger partial charge is 0.213 e. The first-order valence-electron chi connectivity index (χ1n) is 7.16. The quantitative estimate of drug-likeness (QED) is 0.862. The normalized spacial score (nSPS) is 16.2. The molecule has 0 amide bonds. The summed E-state index contributed by atoms with van der Waals surface area (Å²) in [4.78, 5) is 4.49. The monoisotopic (exact) mass is 282 g/mol.